The van der Waals surface area contributed by atoms with Gasteiger partial charge in [0.1, 0.15) is 5.75 Å². The Kier molecular flexibility index (Phi) is 3.28. The van der Waals surface area contributed by atoms with Gasteiger partial charge in [0.25, 0.3) is 0 Å². The molecule has 0 amide bonds. The van der Waals surface area contributed by atoms with Gasteiger partial charge in [0.05, 0.1) is 11.0 Å². The van der Waals surface area contributed by atoms with Crippen molar-refractivity contribution < 1.29 is 14.1 Å². The first kappa shape index (κ1) is 13.8. The highest BCUT2D eigenvalue weighted by Gasteiger charge is 2.13. The summed E-state index contributed by atoms with van der Waals surface area (Å²) in [6.45, 7) is 0. The van der Waals surface area contributed by atoms with Crippen molar-refractivity contribution in [3.8, 4) is 11.4 Å². The van der Waals surface area contributed by atoms with E-state index in [1.54, 1.807) is 6.07 Å². The Bertz CT molecular complexity index is 959. The minimum Gasteiger partial charge on any atom is -0.537 e. The second-order valence-corrected chi connectivity index (χ2v) is 5.26. The molecule has 3 nitrogen and oxygen atoms in total. The van der Waals surface area contributed by atoms with Crippen LogP contribution in [0.15, 0.2) is 66.7 Å². The Hall–Kier alpha value is -2.79. The zero-order valence-corrected chi connectivity index (χ0v) is 12.2. The van der Waals surface area contributed by atoms with Crippen molar-refractivity contribution in [1.29, 1.82) is 0 Å². The van der Waals surface area contributed by atoms with Gasteiger partial charge in [0, 0.05) is 22.5 Å². The molecule has 0 saturated carbocycles. The second kappa shape index (κ2) is 5.45. The molecule has 0 spiro atoms. The number of fused-ring (bicyclic) bond motifs is 3. The Morgan fingerprint density at radius 1 is 0.870 bits per heavy atom. The van der Waals surface area contributed by atoms with Crippen molar-refractivity contribution in [2.24, 2.45) is 0 Å². The molecule has 0 radical (unpaired) electrons. The van der Waals surface area contributed by atoms with Crippen LogP contribution in [0.25, 0.3) is 27.5 Å². The summed E-state index contributed by atoms with van der Waals surface area (Å²) < 4.78 is 21.1. The number of benzene rings is 3. The molecule has 5 heteroatoms. The summed E-state index contributed by atoms with van der Waals surface area (Å²) >= 11 is 0. The number of halogens is 1. The quantitative estimate of drug-likeness (QED) is 0.587. The lowest BCUT2D eigenvalue weighted by molar-refractivity contribution is 0.431. The maximum absolute atomic E-state index is 14.2. The molecular weight excluding hydrogens is 292 g/mol. The van der Waals surface area contributed by atoms with Crippen molar-refractivity contribution in [2.45, 2.75) is 0 Å². The molecule has 1 aromatic heterocycles. The van der Waals surface area contributed by atoms with Crippen LogP contribution in [0.3, 0.4) is 0 Å². The number of hydrogen-bond donors (Lipinski definition) is 1. The van der Waals surface area contributed by atoms with Crippen LogP contribution in [0.1, 0.15) is 0 Å². The average molecular weight is 305 g/mol. The predicted octanol–water partition coefficient (Wildman–Crippen LogP) is 3.56. The van der Waals surface area contributed by atoms with E-state index in [2.05, 4.69) is 12.1 Å². The van der Waals surface area contributed by atoms with Crippen molar-refractivity contribution in [3.05, 3.63) is 72.5 Å². The Morgan fingerprint density at radius 2 is 1.48 bits per heavy atom. The molecule has 1 heterocycles. The lowest BCUT2D eigenvalue weighted by atomic mass is 10.2. The molecular formula is C18H13BFNO2. The summed E-state index contributed by atoms with van der Waals surface area (Å²) in [4.78, 5) is 0. The summed E-state index contributed by atoms with van der Waals surface area (Å²) in [6.07, 6.45) is 0. The zero-order chi connectivity index (χ0) is 15.8. The van der Waals surface area contributed by atoms with Crippen LogP contribution in [-0.2, 0) is 0 Å². The van der Waals surface area contributed by atoms with Crippen molar-refractivity contribution in [2.75, 3.05) is 0 Å². The maximum atomic E-state index is 14.2. The summed E-state index contributed by atoms with van der Waals surface area (Å²) in [5.41, 5.74) is 2.75. The maximum Gasteiger partial charge on any atom is 0.504 e. The largest absolute Gasteiger partial charge is 0.537 e. The topological polar surface area (TPSA) is 34.4 Å². The monoisotopic (exact) mass is 305 g/mol. The van der Waals surface area contributed by atoms with Crippen LogP contribution >= 0.6 is 0 Å². The minimum absolute atomic E-state index is 0.0389. The lowest BCUT2D eigenvalue weighted by Crippen LogP contribution is -2.03. The summed E-state index contributed by atoms with van der Waals surface area (Å²) in [6, 6.07) is 20.8. The molecule has 0 aliphatic carbocycles. The summed E-state index contributed by atoms with van der Waals surface area (Å²) in [7, 11) is -0.550. The van der Waals surface area contributed by atoms with E-state index in [0.717, 1.165) is 21.8 Å². The van der Waals surface area contributed by atoms with Gasteiger partial charge in [-0.2, -0.15) is 0 Å². The van der Waals surface area contributed by atoms with Crippen LogP contribution in [0.2, 0.25) is 0 Å². The SMILES string of the molecule is OBOc1ccc(-n2c3ccccc3c3ccccc32)cc1F. The van der Waals surface area contributed by atoms with E-state index < -0.39 is 13.5 Å². The first-order chi connectivity index (χ1) is 11.3. The molecule has 4 rings (SSSR count). The third-order valence-electron chi connectivity index (χ3n) is 3.97. The number of rotatable bonds is 3. The van der Waals surface area contributed by atoms with E-state index in [0.29, 0.717) is 5.69 Å². The normalized spacial score (nSPS) is 11.0. The van der Waals surface area contributed by atoms with Gasteiger partial charge in [0.2, 0.25) is 0 Å². The predicted molar refractivity (Wildman–Crippen MR) is 90.7 cm³/mol. The highest BCUT2D eigenvalue weighted by molar-refractivity contribution is 6.17. The van der Waals surface area contributed by atoms with Gasteiger partial charge < -0.3 is 14.2 Å². The number of para-hydroxylation sites is 2. The fraction of sp³-hybridized carbons (Fsp3) is 0. The summed E-state index contributed by atoms with van der Waals surface area (Å²) in [5.74, 6) is -0.463. The van der Waals surface area contributed by atoms with Crippen molar-refractivity contribution in [3.63, 3.8) is 0 Å². The van der Waals surface area contributed by atoms with E-state index >= 15 is 0 Å². The van der Waals surface area contributed by atoms with Gasteiger partial charge in [-0.1, -0.05) is 36.4 Å². The second-order valence-electron chi connectivity index (χ2n) is 5.26. The molecule has 23 heavy (non-hydrogen) atoms. The standard InChI is InChI=1S/C18H13BFNO2/c20-15-11-12(9-10-18(15)23-19-22)21-16-7-3-1-5-13(16)14-6-2-4-8-17(14)21/h1-11,19,22H. The molecule has 0 bridgehead atoms. The number of hydrogen-bond acceptors (Lipinski definition) is 2. The van der Waals surface area contributed by atoms with E-state index in [1.807, 2.05) is 41.0 Å². The molecule has 4 aromatic rings. The Balaban J connectivity index is 2.02. The van der Waals surface area contributed by atoms with Crippen molar-refractivity contribution in [1.82, 2.24) is 4.57 Å². The average Bonchev–Trinajstić information content (AvgIpc) is 2.92. The van der Waals surface area contributed by atoms with Gasteiger partial charge in [-0.15, -0.1) is 0 Å². The third kappa shape index (κ3) is 2.17. The molecule has 0 aliphatic heterocycles. The smallest absolute Gasteiger partial charge is 0.504 e. The highest BCUT2D eigenvalue weighted by Crippen LogP contribution is 2.32. The molecule has 0 atom stereocenters. The van der Waals surface area contributed by atoms with E-state index in [1.165, 1.54) is 12.1 Å². The van der Waals surface area contributed by atoms with Gasteiger partial charge in [-0.25, -0.2) is 4.39 Å². The zero-order valence-electron chi connectivity index (χ0n) is 12.2. The molecule has 0 aliphatic rings. The van der Waals surface area contributed by atoms with Gasteiger partial charge in [-0.3, -0.25) is 0 Å². The molecule has 0 unspecified atom stereocenters. The molecule has 3 aromatic carbocycles. The lowest BCUT2D eigenvalue weighted by Gasteiger charge is -2.10. The minimum atomic E-state index is -0.550. The fourth-order valence-corrected chi connectivity index (χ4v) is 3.02. The third-order valence-corrected chi connectivity index (χ3v) is 3.97. The van der Waals surface area contributed by atoms with Crippen LogP contribution in [0.4, 0.5) is 4.39 Å². The Labute approximate surface area is 132 Å². The van der Waals surface area contributed by atoms with Crippen LogP contribution in [0.5, 0.6) is 5.75 Å². The Morgan fingerprint density at radius 3 is 2.04 bits per heavy atom. The number of aromatic nitrogens is 1. The van der Waals surface area contributed by atoms with E-state index in [-0.39, 0.29) is 5.75 Å². The first-order valence-corrected chi connectivity index (χ1v) is 7.31. The van der Waals surface area contributed by atoms with Crippen molar-refractivity contribution >= 4 is 29.5 Å². The van der Waals surface area contributed by atoms with Crippen LogP contribution < -0.4 is 4.65 Å². The van der Waals surface area contributed by atoms with Gasteiger partial charge >= 0.3 is 7.69 Å². The van der Waals surface area contributed by atoms with E-state index in [9.17, 15) is 4.39 Å². The highest BCUT2D eigenvalue weighted by atomic mass is 19.1. The molecule has 112 valence electrons. The molecule has 0 fully saturated rings. The van der Waals surface area contributed by atoms with Gasteiger partial charge in [0.15, 0.2) is 5.82 Å². The van der Waals surface area contributed by atoms with Gasteiger partial charge in [-0.05, 0) is 24.3 Å². The van der Waals surface area contributed by atoms with E-state index in [4.69, 9.17) is 9.68 Å². The number of nitrogens with zero attached hydrogens (tertiary/aromatic N) is 1. The fourth-order valence-electron chi connectivity index (χ4n) is 3.02. The molecule has 1 N–H and O–H groups in total. The van der Waals surface area contributed by atoms with Crippen LogP contribution in [0, 0.1) is 5.82 Å². The van der Waals surface area contributed by atoms with Crippen LogP contribution in [-0.4, -0.2) is 17.3 Å². The molecule has 0 saturated heterocycles. The first-order valence-electron chi connectivity index (χ1n) is 7.31. The summed E-state index contributed by atoms with van der Waals surface area (Å²) in [5, 5.41) is 11.0.